The van der Waals surface area contributed by atoms with Crippen LogP contribution in [-0.4, -0.2) is 28.1 Å². The maximum atomic E-state index is 12.8. The highest BCUT2D eigenvalue weighted by molar-refractivity contribution is 6.10. The fourth-order valence-electron chi connectivity index (χ4n) is 2.48. The van der Waals surface area contributed by atoms with Crippen LogP contribution < -0.4 is 9.47 Å². The third-order valence-electron chi connectivity index (χ3n) is 3.77. The van der Waals surface area contributed by atoms with Gasteiger partial charge in [0.1, 0.15) is 17.2 Å². The van der Waals surface area contributed by atoms with Gasteiger partial charge in [-0.15, -0.1) is 0 Å². The molecule has 0 saturated carbocycles. The molecule has 0 aliphatic heterocycles. The van der Waals surface area contributed by atoms with Crippen molar-refractivity contribution in [2.24, 2.45) is 0 Å². The van der Waals surface area contributed by atoms with E-state index in [2.05, 4.69) is 4.74 Å². The first-order valence-electron chi connectivity index (χ1n) is 8.10. The summed E-state index contributed by atoms with van der Waals surface area (Å²) >= 11 is 0. The smallest absolute Gasteiger partial charge is 0.478 e. The van der Waals surface area contributed by atoms with Crippen LogP contribution in [0.25, 0.3) is 0 Å². The van der Waals surface area contributed by atoms with Gasteiger partial charge in [-0.1, -0.05) is 30.3 Å². The van der Waals surface area contributed by atoms with Crippen molar-refractivity contribution in [3.63, 3.8) is 0 Å². The Morgan fingerprint density at radius 2 is 1.36 bits per heavy atom. The van der Waals surface area contributed by atoms with Crippen LogP contribution >= 0.6 is 0 Å². The van der Waals surface area contributed by atoms with E-state index in [1.54, 1.807) is 30.3 Å². The van der Waals surface area contributed by atoms with E-state index in [0.29, 0.717) is 5.56 Å². The van der Waals surface area contributed by atoms with Gasteiger partial charge in [-0.25, -0.2) is 9.59 Å². The molecule has 0 saturated heterocycles. The van der Waals surface area contributed by atoms with E-state index in [4.69, 9.17) is 14.9 Å². The van der Waals surface area contributed by atoms with E-state index >= 15 is 0 Å². The summed E-state index contributed by atoms with van der Waals surface area (Å²) in [6, 6.07) is 18.2. The van der Waals surface area contributed by atoms with Crippen LogP contribution in [0.2, 0.25) is 0 Å². The second-order valence-electron chi connectivity index (χ2n) is 5.65. The monoisotopic (exact) mass is 378 g/mol. The SMILES string of the molecule is O=C(O)Oc1ccc(C(=O)c2ccccc2)c(Oc2ccc(C(=O)O)cc2)c1. The molecule has 0 fully saturated rings. The van der Waals surface area contributed by atoms with Gasteiger partial charge in [0.15, 0.2) is 5.78 Å². The number of rotatable bonds is 6. The molecule has 7 heteroatoms. The molecule has 0 unspecified atom stereocenters. The van der Waals surface area contributed by atoms with Crippen LogP contribution in [0.1, 0.15) is 26.3 Å². The largest absolute Gasteiger partial charge is 0.511 e. The Morgan fingerprint density at radius 3 is 1.96 bits per heavy atom. The number of hydrogen-bond acceptors (Lipinski definition) is 5. The standard InChI is InChI=1S/C21H14O7/c22-19(13-4-2-1-3-5-13)17-11-10-16(28-21(25)26)12-18(17)27-15-8-6-14(7-9-15)20(23)24/h1-12H,(H,23,24)(H,25,26). The molecule has 0 spiro atoms. The summed E-state index contributed by atoms with van der Waals surface area (Å²) in [7, 11) is 0. The van der Waals surface area contributed by atoms with Gasteiger partial charge in [-0.05, 0) is 36.4 Å². The zero-order valence-corrected chi connectivity index (χ0v) is 14.4. The first-order valence-corrected chi connectivity index (χ1v) is 8.10. The average Bonchev–Trinajstić information content (AvgIpc) is 2.68. The fraction of sp³-hybridized carbons (Fsp3) is 0. The number of carboxylic acids is 1. The molecule has 2 N–H and O–H groups in total. The van der Waals surface area contributed by atoms with Crippen molar-refractivity contribution in [2.75, 3.05) is 0 Å². The van der Waals surface area contributed by atoms with E-state index in [9.17, 15) is 14.4 Å². The van der Waals surface area contributed by atoms with Gasteiger partial charge < -0.3 is 19.7 Å². The molecule has 0 amide bonds. The van der Waals surface area contributed by atoms with Crippen molar-refractivity contribution in [1.29, 1.82) is 0 Å². The van der Waals surface area contributed by atoms with Crippen molar-refractivity contribution < 1.29 is 34.1 Å². The molecule has 3 aromatic carbocycles. The zero-order chi connectivity index (χ0) is 20.1. The van der Waals surface area contributed by atoms with Crippen molar-refractivity contribution in [3.8, 4) is 17.2 Å². The molecule has 140 valence electrons. The minimum atomic E-state index is -1.50. The lowest BCUT2D eigenvalue weighted by Gasteiger charge is -2.12. The molecule has 0 radical (unpaired) electrons. The van der Waals surface area contributed by atoms with E-state index in [-0.39, 0.29) is 34.2 Å². The molecule has 0 aliphatic carbocycles. The van der Waals surface area contributed by atoms with Crippen LogP contribution in [0.15, 0.2) is 72.8 Å². The summed E-state index contributed by atoms with van der Waals surface area (Å²) in [6.45, 7) is 0. The van der Waals surface area contributed by atoms with Crippen molar-refractivity contribution in [3.05, 3.63) is 89.5 Å². The summed E-state index contributed by atoms with van der Waals surface area (Å²) in [5.41, 5.74) is 0.711. The number of ether oxygens (including phenoxy) is 2. The molecule has 0 bridgehead atoms. The molecule has 3 aromatic rings. The molecule has 3 rings (SSSR count). The van der Waals surface area contributed by atoms with Gasteiger partial charge >= 0.3 is 12.1 Å². The topological polar surface area (TPSA) is 110 Å². The number of ketones is 1. The normalized spacial score (nSPS) is 10.1. The molecular formula is C21H14O7. The molecule has 28 heavy (non-hydrogen) atoms. The summed E-state index contributed by atoms with van der Waals surface area (Å²) in [6.07, 6.45) is -1.50. The number of carbonyl (C=O) groups excluding carboxylic acids is 1. The Kier molecular flexibility index (Phi) is 5.36. The molecule has 0 heterocycles. The highest BCUT2D eigenvalue weighted by Crippen LogP contribution is 2.31. The molecule has 0 atom stereocenters. The molecule has 7 nitrogen and oxygen atoms in total. The third-order valence-corrected chi connectivity index (χ3v) is 3.77. The van der Waals surface area contributed by atoms with Gasteiger partial charge in [0.2, 0.25) is 0 Å². The Labute approximate surface area is 159 Å². The lowest BCUT2D eigenvalue weighted by molar-refractivity contribution is 0.0696. The van der Waals surface area contributed by atoms with Crippen molar-refractivity contribution in [2.45, 2.75) is 0 Å². The van der Waals surface area contributed by atoms with E-state index < -0.39 is 12.1 Å². The van der Waals surface area contributed by atoms with Crippen LogP contribution in [0, 0.1) is 0 Å². The number of hydrogen-bond donors (Lipinski definition) is 2. The van der Waals surface area contributed by atoms with Gasteiger partial charge in [-0.2, -0.15) is 0 Å². The molecule has 0 aromatic heterocycles. The number of aromatic carboxylic acids is 1. The minimum absolute atomic E-state index is 0.0192. The van der Waals surface area contributed by atoms with Gasteiger partial charge in [-0.3, -0.25) is 4.79 Å². The zero-order valence-electron chi connectivity index (χ0n) is 14.4. The fourth-order valence-corrected chi connectivity index (χ4v) is 2.48. The predicted molar refractivity (Wildman–Crippen MR) is 98.4 cm³/mol. The van der Waals surface area contributed by atoms with Crippen molar-refractivity contribution >= 4 is 17.9 Å². The number of carbonyl (C=O) groups is 3. The summed E-state index contributed by atoms with van der Waals surface area (Å²) in [4.78, 5) is 34.6. The number of carboxylic acid groups (broad SMARTS) is 2. The van der Waals surface area contributed by atoms with E-state index in [1.165, 1.54) is 42.5 Å². The predicted octanol–water partition coefficient (Wildman–Crippen LogP) is 4.46. The van der Waals surface area contributed by atoms with Crippen LogP contribution in [0.3, 0.4) is 0 Å². The Morgan fingerprint density at radius 1 is 0.714 bits per heavy atom. The first-order chi connectivity index (χ1) is 13.4. The average molecular weight is 378 g/mol. The van der Waals surface area contributed by atoms with Gasteiger partial charge in [0.05, 0.1) is 11.1 Å². The highest BCUT2D eigenvalue weighted by Gasteiger charge is 2.17. The summed E-state index contributed by atoms with van der Waals surface area (Å²) in [5, 5.41) is 17.8. The van der Waals surface area contributed by atoms with Crippen LogP contribution in [0.4, 0.5) is 4.79 Å². The highest BCUT2D eigenvalue weighted by atomic mass is 16.7. The summed E-state index contributed by atoms with van der Waals surface area (Å²) < 4.78 is 10.4. The number of benzene rings is 3. The third kappa shape index (κ3) is 4.34. The van der Waals surface area contributed by atoms with Gasteiger partial charge in [0.25, 0.3) is 0 Å². The van der Waals surface area contributed by atoms with Gasteiger partial charge in [0, 0.05) is 11.6 Å². The minimum Gasteiger partial charge on any atom is -0.478 e. The maximum absolute atomic E-state index is 12.8. The molecule has 0 aliphatic rings. The molecular weight excluding hydrogens is 364 g/mol. The Balaban J connectivity index is 1.98. The lowest BCUT2D eigenvalue weighted by atomic mass is 10.0. The summed E-state index contributed by atoms with van der Waals surface area (Å²) in [5.74, 6) is -1.06. The quantitative estimate of drug-likeness (QED) is 0.370. The van der Waals surface area contributed by atoms with E-state index in [0.717, 1.165) is 0 Å². The lowest BCUT2D eigenvalue weighted by Crippen LogP contribution is -2.06. The Bertz CT molecular complexity index is 1020. The maximum Gasteiger partial charge on any atom is 0.511 e. The second kappa shape index (κ2) is 8.05. The van der Waals surface area contributed by atoms with E-state index in [1.807, 2.05) is 0 Å². The second-order valence-corrected chi connectivity index (χ2v) is 5.65. The first kappa shape index (κ1) is 18.7. The van der Waals surface area contributed by atoms with Crippen molar-refractivity contribution in [1.82, 2.24) is 0 Å². The van der Waals surface area contributed by atoms with Crippen LogP contribution in [-0.2, 0) is 0 Å². The van der Waals surface area contributed by atoms with Crippen LogP contribution in [0.5, 0.6) is 17.2 Å². The Hall–Kier alpha value is -4.13.